The fourth-order valence-electron chi connectivity index (χ4n) is 1.75. The molecule has 1 atom stereocenters. The van der Waals surface area contributed by atoms with Crippen LogP contribution in [0.4, 0.5) is 8.78 Å². The van der Waals surface area contributed by atoms with Gasteiger partial charge < -0.3 is 0 Å². The topological polar surface area (TPSA) is 23.8 Å². The van der Waals surface area contributed by atoms with Gasteiger partial charge in [0.05, 0.1) is 12.0 Å². The van der Waals surface area contributed by atoms with Crippen molar-refractivity contribution in [3.63, 3.8) is 0 Å². The Morgan fingerprint density at radius 1 is 1.24 bits per heavy atom. The fourth-order valence-corrected chi connectivity index (χ4v) is 1.75. The molecule has 0 N–H and O–H groups in total. The van der Waals surface area contributed by atoms with Crippen LogP contribution in [0.3, 0.4) is 0 Å². The van der Waals surface area contributed by atoms with Crippen molar-refractivity contribution < 1.29 is 8.78 Å². The summed E-state index contributed by atoms with van der Waals surface area (Å²) in [7, 11) is 0. The van der Waals surface area contributed by atoms with E-state index in [0.717, 1.165) is 5.56 Å². The van der Waals surface area contributed by atoms with Crippen LogP contribution in [0.15, 0.2) is 24.3 Å². The van der Waals surface area contributed by atoms with Crippen molar-refractivity contribution in [2.75, 3.05) is 0 Å². The highest BCUT2D eigenvalue weighted by atomic mass is 19.3. The third-order valence-electron chi connectivity index (χ3n) is 2.94. The Hall–Kier alpha value is -1.43. The van der Waals surface area contributed by atoms with E-state index in [-0.39, 0.29) is 23.8 Å². The summed E-state index contributed by atoms with van der Waals surface area (Å²) in [5.41, 5.74) is 0.822. The van der Waals surface area contributed by atoms with Crippen LogP contribution in [0, 0.1) is 17.2 Å². The van der Waals surface area contributed by atoms with Crippen LogP contribution in [0.5, 0.6) is 0 Å². The van der Waals surface area contributed by atoms with Crippen LogP contribution in [-0.2, 0) is 5.92 Å². The minimum absolute atomic E-state index is 0.0178. The van der Waals surface area contributed by atoms with E-state index < -0.39 is 5.92 Å². The molecule has 0 aromatic heterocycles. The minimum atomic E-state index is -2.78. The number of nitrogens with zero attached hydrogens (tertiary/aromatic N) is 1. The molecule has 92 valence electrons. The van der Waals surface area contributed by atoms with Gasteiger partial charge in [-0.15, -0.1) is 0 Å². The third kappa shape index (κ3) is 3.03. The maximum Gasteiger partial charge on any atom is 0.273 e. The maximum absolute atomic E-state index is 13.4. The number of benzene rings is 1. The van der Waals surface area contributed by atoms with Crippen LogP contribution in [0.2, 0.25) is 0 Å². The van der Waals surface area contributed by atoms with Gasteiger partial charge in [-0.05, 0) is 11.5 Å². The molecule has 1 aromatic carbocycles. The molecule has 0 amide bonds. The highest BCUT2D eigenvalue weighted by Gasteiger charge is 2.28. The Bertz CT molecular complexity index is 401. The molecule has 0 spiro atoms. The molecule has 0 radical (unpaired) electrons. The Labute approximate surface area is 101 Å². The molecule has 0 heterocycles. The standard InChI is InChI=1S/C14H17F2N/c1-4-14(15,16)12-7-5-11(6-8-12)13(9-17)10(2)3/h5-8,10,13H,4H2,1-3H3. The highest BCUT2D eigenvalue weighted by molar-refractivity contribution is 5.31. The van der Waals surface area contributed by atoms with Crippen molar-refractivity contribution in [3.8, 4) is 6.07 Å². The van der Waals surface area contributed by atoms with E-state index >= 15 is 0 Å². The van der Waals surface area contributed by atoms with Crippen molar-refractivity contribution in [1.82, 2.24) is 0 Å². The molecular formula is C14H17F2N. The Balaban J connectivity index is 3.00. The van der Waals surface area contributed by atoms with Crippen molar-refractivity contribution in [2.45, 2.75) is 39.0 Å². The number of alkyl halides is 2. The zero-order valence-corrected chi connectivity index (χ0v) is 10.4. The molecule has 0 aliphatic carbocycles. The molecule has 0 saturated heterocycles. The van der Waals surface area contributed by atoms with Crippen molar-refractivity contribution in [3.05, 3.63) is 35.4 Å². The van der Waals surface area contributed by atoms with Crippen molar-refractivity contribution >= 4 is 0 Å². The van der Waals surface area contributed by atoms with Crippen molar-refractivity contribution in [1.29, 1.82) is 5.26 Å². The van der Waals surface area contributed by atoms with Gasteiger partial charge in [-0.1, -0.05) is 45.0 Å². The van der Waals surface area contributed by atoms with Gasteiger partial charge in [0.15, 0.2) is 0 Å². The monoisotopic (exact) mass is 237 g/mol. The zero-order valence-electron chi connectivity index (χ0n) is 10.4. The molecule has 0 aliphatic rings. The number of nitriles is 1. The van der Waals surface area contributed by atoms with E-state index in [1.165, 1.54) is 19.1 Å². The average molecular weight is 237 g/mol. The summed E-state index contributed by atoms with van der Waals surface area (Å²) in [5.74, 6) is -2.84. The van der Waals surface area contributed by atoms with Crippen molar-refractivity contribution in [2.24, 2.45) is 5.92 Å². The molecule has 17 heavy (non-hydrogen) atoms. The van der Waals surface area contributed by atoms with E-state index in [1.54, 1.807) is 12.1 Å². The number of hydrogen-bond acceptors (Lipinski definition) is 1. The van der Waals surface area contributed by atoms with E-state index in [9.17, 15) is 8.78 Å². The summed E-state index contributed by atoms with van der Waals surface area (Å²) in [6, 6.07) is 8.31. The molecule has 1 rings (SSSR count). The predicted octanol–water partition coefficient (Wildman–Crippen LogP) is 4.45. The first-order valence-electron chi connectivity index (χ1n) is 5.80. The van der Waals surface area contributed by atoms with Gasteiger partial charge in [0.1, 0.15) is 0 Å². The van der Waals surface area contributed by atoms with Crippen LogP contribution in [-0.4, -0.2) is 0 Å². The first kappa shape index (κ1) is 13.6. The normalized spacial score (nSPS) is 13.5. The van der Waals surface area contributed by atoms with Crippen LogP contribution in [0.25, 0.3) is 0 Å². The molecule has 0 fully saturated rings. The first-order chi connectivity index (χ1) is 7.92. The highest BCUT2D eigenvalue weighted by Crippen LogP contribution is 2.32. The summed E-state index contributed by atoms with van der Waals surface area (Å²) in [5, 5.41) is 9.03. The Morgan fingerprint density at radius 3 is 2.12 bits per heavy atom. The lowest BCUT2D eigenvalue weighted by atomic mass is 9.89. The summed E-state index contributed by atoms with van der Waals surface area (Å²) in [6.45, 7) is 5.35. The van der Waals surface area contributed by atoms with Crippen LogP contribution < -0.4 is 0 Å². The first-order valence-corrected chi connectivity index (χ1v) is 5.80. The lowest BCUT2D eigenvalue weighted by molar-refractivity contribution is -0.00829. The SMILES string of the molecule is CCC(F)(F)c1ccc(C(C#N)C(C)C)cc1. The van der Waals surface area contributed by atoms with Crippen LogP contribution in [0.1, 0.15) is 44.2 Å². The fraction of sp³-hybridized carbons (Fsp3) is 0.500. The summed E-state index contributed by atoms with van der Waals surface area (Å²) in [6.07, 6.45) is -0.210. The van der Waals surface area contributed by atoms with Gasteiger partial charge in [-0.25, -0.2) is 8.78 Å². The average Bonchev–Trinajstić information content (AvgIpc) is 2.30. The predicted molar refractivity (Wildman–Crippen MR) is 63.8 cm³/mol. The molecule has 0 saturated carbocycles. The Kier molecular flexibility index (Phi) is 4.22. The second-order valence-corrected chi connectivity index (χ2v) is 4.53. The minimum Gasteiger partial charge on any atom is -0.201 e. The molecule has 1 nitrogen and oxygen atoms in total. The van der Waals surface area contributed by atoms with Gasteiger partial charge in [0, 0.05) is 12.0 Å². The van der Waals surface area contributed by atoms with E-state index in [1.807, 2.05) is 13.8 Å². The van der Waals surface area contributed by atoms with Gasteiger partial charge in [0.2, 0.25) is 0 Å². The molecule has 1 aromatic rings. The van der Waals surface area contributed by atoms with Gasteiger partial charge in [0.25, 0.3) is 5.92 Å². The molecule has 1 unspecified atom stereocenters. The summed E-state index contributed by atoms with van der Waals surface area (Å²) < 4.78 is 26.8. The zero-order chi connectivity index (χ0) is 13.1. The lowest BCUT2D eigenvalue weighted by Crippen LogP contribution is -2.12. The molecular weight excluding hydrogens is 220 g/mol. The second-order valence-electron chi connectivity index (χ2n) is 4.53. The van der Waals surface area contributed by atoms with Gasteiger partial charge >= 0.3 is 0 Å². The largest absolute Gasteiger partial charge is 0.273 e. The van der Waals surface area contributed by atoms with E-state index in [0.29, 0.717) is 0 Å². The summed E-state index contributed by atoms with van der Waals surface area (Å²) in [4.78, 5) is 0. The van der Waals surface area contributed by atoms with E-state index in [4.69, 9.17) is 5.26 Å². The quantitative estimate of drug-likeness (QED) is 0.758. The smallest absolute Gasteiger partial charge is 0.201 e. The molecule has 0 aliphatic heterocycles. The Morgan fingerprint density at radius 2 is 1.76 bits per heavy atom. The number of hydrogen-bond donors (Lipinski definition) is 0. The van der Waals surface area contributed by atoms with Gasteiger partial charge in [-0.3, -0.25) is 0 Å². The number of rotatable bonds is 4. The molecule has 0 bridgehead atoms. The maximum atomic E-state index is 13.4. The molecule has 3 heteroatoms. The second kappa shape index (κ2) is 5.27. The van der Waals surface area contributed by atoms with Gasteiger partial charge in [-0.2, -0.15) is 5.26 Å². The van der Waals surface area contributed by atoms with Crippen LogP contribution >= 0.6 is 0 Å². The lowest BCUT2D eigenvalue weighted by Gasteiger charge is -2.17. The third-order valence-corrected chi connectivity index (χ3v) is 2.94. The summed E-state index contributed by atoms with van der Waals surface area (Å²) >= 11 is 0. The number of halogens is 2. The van der Waals surface area contributed by atoms with E-state index in [2.05, 4.69) is 6.07 Å².